The molecule has 0 N–H and O–H groups in total. The van der Waals surface area contributed by atoms with Crippen LogP contribution in [0.4, 0.5) is 11.4 Å². The van der Waals surface area contributed by atoms with Crippen molar-refractivity contribution in [2.75, 3.05) is 29.9 Å². The van der Waals surface area contributed by atoms with E-state index < -0.39 is 0 Å². The van der Waals surface area contributed by atoms with Crippen molar-refractivity contribution in [1.29, 1.82) is 0 Å². The second-order valence-electron chi connectivity index (χ2n) is 5.03. The van der Waals surface area contributed by atoms with Crippen molar-refractivity contribution in [2.45, 2.75) is 19.3 Å². The molecule has 1 heterocycles. The lowest BCUT2D eigenvalue weighted by molar-refractivity contribution is -0.119. The molecule has 1 saturated carbocycles. The maximum absolute atomic E-state index is 12.3. The monoisotopic (exact) mass is 230 g/mol. The first-order chi connectivity index (χ1) is 8.27. The molecule has 0 aromatic heterocycles. The van der Waals surface area contributed by atoms with Crippen molar-refractivity contribution in [3.63, 3.8) is 0 Å². The van der Waals surface area contributed by atoms with Crippen LogP contribution in [0.1, 0.15) is 19.3 Å². The summed E-state index contributed by atoms with van der Waals surface area (Å²) in [5.74, 6) is 0.624. The van der Waals surface area contributed by atoms with Crippen LogP contribution in [-0.4, -0.2) is 26.0 Å². The Bertz CT molecular complexity index is 440. The summed E-state index contributed by atoms with van der Waals surface area (Å²) in [5.41, 5.74) is 2.27. The van der Waals surface area contributed by atoms with Gasteiger partial charge in [-0.1, -0.05) is 12.1 Å². The molecule has 0 saturated heterocycles. The minimum atomic E-state index is 0.298. The average molecular weight is 230 g/mol. The van der Waals surface area contributed by atoms with Gasteiger partial charge in [-0.15, -0.1) is 0 Å². The minimum absolute atomic E-state index is 0.298. The molecule has 90 valence electrons. The number of fused-ring (bicyclic) bond motifs is 1. The van der Waals surface area contributed by atoms with Crippen molar-refractivity contribution >= 4 is 17.3 Å². The molecule has 1 amide bonds. The molecular formula is C14H18N2O. The highest BCUT2D eigenvalue weighted by atomic mass is 16.2. The quantitative estimate of drug-likeness (QED) is 0.739. The summed E-state index contributed by atoms with van der Waals surface area (Å²) in [6.45, 7) is 1.88. The Kier molecular flexibility index (Phi) is 2.54. The summed E-state index contributed by atoms with van der Waals surface area (Å²) >= 11 is 0. The number of nitrogens with zero attached hydrogens (tertiary/aromatic N) is 2. The number of para-hydroxylation sites is 2. The molecule has 17 heavy (non-hydrogen) atoms. The molecule has 0 atom stereocenters. The van der Waals surface area contributed by atoms with Gasteiger partial charge in [0.05, 0.1) is 11.4 Å². The molecule has 1 aliphatic heterocycles. The lowest BCUT2D eigenvalue weighted by atomic mass is 10.2. The van der Waals surface area contributed by atoms with E-state index in [1.165, 1.54) is 5.69 Å². The van der Waals surface area contributed by atoms with Crippen LogP contribution in [0.15, 0.2) is 24.3 Å². The molecule has 3 heteroatoms. The molecule has 3 nitrogen and oxygen atoms in total. The highest BCUT2D eigenvalue weighted by Crippen LogP contribution is 2.37. The van der Waals surface area contributed by atoms with Gasteiger partial charge in [-0.05, 0) is 31.4 Å². The molecule has 0 radical (unpaired) electrons. The number of carbonyl (C=O) groups excluding carboxylic acids is 1. The van der Waals surface area contributed by atoms with Gasteiger partial charge in [0.2, 0.25) is 5.91 Å². The van der Waals surface area contributed by atoms with Gasteiger partial charge < -0.3 is 9.80 Å². The molecule has 0 spiro atoms. The number of carbonyl (C=O) groups is 1. The second-order valence-corrected chi connectivity index (χ2v) is 5.03. The Morgan fingerprint density at radius 3 is 2.59 bits per heavy atom. The maximum Gasteiger partial charge on any atom is 0.230 e. The largest absolute Gasteiger partial charge is 0.373 e. The predicted octanol–water partition coefficient (Wildman–Crippen LogP) is 2.27. The Morgan fingerprint density at radius 1 is 1.18 bits per heavy atom. The summed E-state index contributed by atoms with van der Waals surface area (Å²) in [7, 11) is 2.10. The minimum Gasteiger partial charge on any atom is -0.373 e. The van der Waals surface area contributed by atoms with Crippen LogP contribution in [0.25, 0.3) is 0 Å². The normalized spacial score (nSPS) is 19.8. The van der Waals surface area contributed by atoms with Crippen LogP contribution in [0.3, 0.4) is 0 Å². The molecule has 2 aliphatic rings. The first kappa shape index (κ1) is 10.6. The fraction of sp³-hybridized carbons (Fsp3) is 0.500. The Labute approximate surface area is 102 Å². The van der Waals surface area contributed by atoms with E-state index in [0.717, 1.165) is 38.0 Å². The summed E-state index contributed by atoms with van der Waals surface area (Å²) in [6.07, 6.45) is 3.20. The van der Waals surface area contributed by atoms with Crippen LogP contribution in [0.5, 0.6) is 0 Å². The summed E-state index contributed by atoms with van der Waals surface area (Å²) in [6, 6.07) is 8.23. The predicted molar refractivity (Wildman–Crippen MR) is 69.4 cm³/mol. The van der Waals surface area contributed by atoms with E-state index in [-0.39, 0.29) is 0 Å². The summed E-state index contributed by atoms with van der Waals surface area (Å²) in [5, 5.41) is 0. The van der Waals surface area contributed by atoms with Gasteiger partial charge in [-0.2, -0.15) is 0 Å². The first-order valence-corrected chi connectivity index (χ1v) is 6.39. The van der Waals surface area contributed by atoms with Crippen LogP contribution in [-0.2, 0) is 4.79 Å². The van der Waals surface area contributed by atoms with Gasteiger partial charge >= 0.3 is 0 Å². The smallest absolute Gasteiger partial charge is 0.230 e. The van der Waals surface area contributed by atoms with Crippen molar-refractivity contribution in [2.24, 2.45) is 5.92 Å². The van der Waals surface area contributed by atoms with E-state index in [0.29, 0.717) is 11.8 Å². The first-order valence-electron chi connectivity index (χ1n) is 6.39. The van der Waals surface area contributed by atoms with Crippen molar-refractivity contribution < 1.29 is 4.79 Å². The number of hydrogen-bond donors (Lipinski definition) is 0. The van der Waals surface area contributed by atoms with Gasteiger partial charge in [0.25, 0.3) is 0 Å². The van der Waals surface area contributed by atoms with Crippen LogP contribution < -0.4 is 9.80 Å². The van der Waals surface area contributed by atoms with Crippen molar-refractivity contribution in [3.8, 4) is 0 Å². The molecule has 0 unspecified atom stereocenters. The third-order valence-corrected chi connectivity index (χ3v) is 3.65. The molecule has 1 aromatic rings. The van der Waals surface area contributed by atoms with Gasteiger partial charge in [0.15, 0.2) is 0 Å². The lowest BCUT2D eigenvalue weighted by Gasteiger charge is -2.24. The lowest BCUT2D eigenvalue weighted by Crippen LogP contribution is -2.32. The highest BCUT2D eigenvalue weighted by Gasteiger charge is 2.35. The number of benzene rings is 1. The zero-order valence-corrected chi connectivity index (χ0v) is 10.2. The van der Waals surface area contributed by atoms with E-state index in [4.69, 9.17) is 0 Å². The SMILES string of the molecule is CN1CCCN(C(=O)C2CC2)c2ccccc21. The van der Waals surface area contributed by atoms with Crippen molar-refractivity contribution in [1.82, 2.24) is 0 Å². The number of amides is 1. The van der Waals surface area contributed by atoms with E-state index in [2.05, 4.69) is 24.1 Å². The van der Waals surface area contributed by atoms with E-state index in [9.17, 15) is 4.79 Å². The van der Waals surface area contributed by atoms with Gasteiger partial charge in [0, 0.05) is 26.1 Å². The molecule has 0 bridgehead atoms. The Balaban J connectivity index is 1.98. The van der Waals surface area contributed by atoms with E-state index in [1.807, 2.05) is 17.0 Å². The number of anilines is 2. The molecular weight excluding hydrogens is 212 g/mol. The number of rotatable bonds is 1. The Morgan fingerprint density at radius 2 is 1.88 bits per heavy atom. The number of hydrogen-bond acceptors (Lipinski definition) is 2. The standard InChI is InChI=1S/C14H18N2O/c1-15-9-4-10-16(14(17)11-7-8-11)13-6-3-2-5-12(13)15/h2-3,5-6,11H,4,7-10H2,1H3. The summed E-state index contributed by atoms with van der Waals surface area (Å²) < 4.78 is 0. The van der Waals surface area contributed by atoms with E-state index in [1.54, 1.807) is 0 Å². The van der Waals surface area contributed by atoms with Gasteiger partial charge in [-0.25, -0.2) is 0 Å². The molecule has 3 rings (SSSR count). The fourth-order valence-electron chi connectivity index (χ4n) is 2.50. The zero-order valence-electron chi connectivity index (χ0n) is 10.2. The maximum atomic E-state index is 12.3. The summed E-state index contributed by atoms with van der Waals surface area (Å²) in [4.78, 5) is 16.5. The third-order valence-electron chi connectivity index (χ3n) is 3.65. The van der Waals surface area contributed by atoms with Gasteiger partial charge in [-0.3, -0.25) is 4.79 Å². The Hall–Kier alpha value is -1.51. The molecule has 1 aromatic carbocycles. The second kappa shape index (κ2) is 4.06. The fourth-order valence-corrected chi connectivity index (χ4v) is 2.50. The third kappa shape index (κ3) is 1.90. The molecule has 1 aliphatic carbocycles. The van der Waals surface area contributed by atoms with Crippen LogP contribution >= 0.6 is 0 Å². The van der Waals surface area contributed by atoms with Crippen molar-refractivity contribution in [3.05, 3.63) is 24.3 Å². The average Bonchev–Trinajstić information content (AvgIpc) is 3.17. The zero-order chi connectivity index (χ0) is 11.8. The van der Waals surface area contributed by atoms with Crippen LogP contribution in [0.2, 0.25) is 0 Å². The van der Waals surface area contributed by atoms with Crippen LogP contribution in [0, 0.1) is 5.92 Å². The van der Waals surface area contributed by atoms with E-state index >= 15 is 0 Å². The molecule has 1 fully saturated rings. The highest BCUT2D eigenvalue weighted by molar-refractivity contribution is 5.99. The van der Waals surface area contributed by atoms with Gasteiger partial charge in [0.1, 0.15) is 0 Å². The topological polar surface area (TPSA) is 23.6 Å².